The van der Waals surface area contributed by atoms with Crippen LogP contribution in [0.2, 0.25) is 0 Å². The Morgan fingerprint density at radius 1 is 0.800 bits per heavy atom. The van der Waals surface area contributed by atoms with Gasteiger partial charge in [-0.15, -0.1) is 0 Å². The van der Waals surface area contributed by atoms with Gasteiger partial charge >= 0.3 is 0 Å². The van der Waals surface area contributed by atoms with Crippen molar-refractivity contribution in [1.29, 1.82) is 0 Å². The van der Waals surface area contributed by atoms with Crippen LogP contribution in [0.25, 0.3) is 0 Å². The molecule has 20 heavy (non-hydrogen) atoms. The second-order valence-electron chi connectivity index (χ2n) is 4.23. The van der Waals surface area contributed by atoms with Gasteiger partial charge in [0.2, 0.25) is 5.78 Å². The molecule has 0 fully saturated rings. The van der Waals surface area contributed by atoms with Crippen molar-refractivity contribution in [1.82, 2.24) is 0 Å². The SMILES string of the molecule is O=C(c1ccccc1)c1ccc(Oc2ccccc2)s1. The molecular weight excluding hydrogens is 268 g/mol. The van der Waals surface area contributed by atoms with E-state index in [1.165, 1.54) is 11.3 Å². The minimum Gasteiger partial charge on any atom is -0.447 e. The highest BCUT2D eigenvalue weighted by Gasteiger charge is 2.12. The van der Waals surface area contributed by atoms with E-state index in [-0.39, 0.29) is 5.78 Å². The largest absolute Gasteiger partial charge is 0.447 e. The highest BCUT2D eigenvalue weighted by Crippen LogP contribution is 2.30. The smallest absolute Gasteiger partial charge is 0.203 e. The van der Waals surface area contributed by atoms with Crippen LogP contribution < -0.4 is 4.74 Å². The number of para-hydroxylation sites is 1. The monoisotopic (exact) mass is 280 g/mol. The van der Waals surface area contributed by atoms with Crippen molar-refractivity contribution < 1.29 is 9.53 Å². The van der Waals surface area contributed by atoms with Crippen molar-refractivity contribution in [2.24, 2.45) is 0 Å². The van der Waals surface area contributed by atoms with Crippen LogP contribution in [0, 0.1) is 0 Å². The van der Waals surface area contributed by atoms with Gasteiger partial charge in [-0.05, 0) is 24.3 Å². The summed E-state index contributed by atoms with van der Waals surface area (Å²) in [5.74, 6) is 0.798. The molecule has 0 N–H and O–H groups in total. The number of hydrogen-bond acceptors (Lipinski definition) is 3. The van der Waals surface area contributed by atoms with Gasteiger partial charge in [0.15, 0.2) is 5.06 Å². The summed E-state index contributed by atoms with van der Waals surface area (Å²) in [4.78, 5) is 12.9. The molecular formula is C17H12O2S. The van der Waals surface area contributed by atoms with Gasteiger partial charge in [-0.1, -0.05) is 59.9 Å². The van der Waals surface area contributed by atoms with Gasteiger partial charge in [0, 0.05) is 5.56 Å². The van der Waals surface area contributed by atoms with Gasteiger partial charge < -0.3 is 4.74 Å². The van der Waals surface area contributed by atoms with Crippen LogP contribution in [0.3, 0.4) is 0 Å². The van der Waals surface area contributed by atoms with E-state index in [0.717, 1.165) is 10.8 Å². The normalized spacial score (nSPS) is 10.2. The van der Waals surface area contributed by atoms with Crippen LogP contribution in [0.1, 0.15) is 15.2 Å². The highest BCUT2D eigenvalue weighted by atomic mass is 32.1. The number of hydrogen-bond donors (Lipinski definition) is 0. The van der Waals surface area contributed by atoms with E-state index in [2.05, 4.69) is 0 Å². The van der Waals surface area contributed by atoms with Crippen molar-refractivity contribution in [3.05, 3.63) is 83.2 Å². The summed E-state index contributed by atoms with van der Waals surface area (Å²) in [7, 11) is 0. The molecule has 3 rings (SSSR count). The Morgan fingerprint density at radius 2 is 1.45 bits per heavy atom. The zero-order valence-corrected chi connectivity index (χ0v) is 11.5. The lowest BCUT2D eigenvalue weighted by molar-refractivity contribution is 0.104. The Morgan fingerprint density at radius 3 is 2.15 bits per heavy atom. The maximum atomic E-state index is 12.3. The van der Waals surface area contributed by atoms with E-state index < -0.39 is 0 Å². The summed E-state index contributed by atoms with van der Waals surface area (Å²) < 4.78 is 5.71. The molecule has 1 heterocycles. The zero-order valence-electron chi connectivity index (χ0n) is 10.7. The van der Waals surface area contributed by atoms with Gasteiger partial charge in [-0.3, -0.25) is 4.79 Å². The molecule has 0 unspecified atom stereocenters. The molecule has 0 aliphatic rings. The molecule has 0 aliphatic carbocycles. The summed E-state index contributed by atoms with van der Waals surface area (Å²) in [6, 6.07) is 22.4. The first-order valence-corrected chi connectivity index (χ1v) is 7.07. The molecule has 0 spiro atoms. The molecule has 1 aromatic heterocycles. The number of thiophene rings is 1. The lowest BCUT2D eigenvalue weighted by Crippen LogP contribution is -1.97. The third-order valence-corrected chi connectivity index (χ3v) is 3.76. The van der Waals surface area contributed by atoms with E-state index in [1.54, 1.807) is 6.07 Å². The van der Waals surface area contributed by atoms with Gasteiger partial charge in [-0.2, -0.15) is 0 Å². The summed E-state index contributed by atoms with van der Waals surface area (Å²) in [6.45, 7) is 0. The van der Waals surface area contributed by atoms with Crippen LogP contribution in [-0.4, -0.2) is 5.78 Å². The maximum Gasteiger partial charge on any atom is 0.203 e. The molecule has 3 aromatic rings. The standard InChI is InChI=1S/C17H12O2S/c18-17(13-7-3-1-4-8-13)15-11-12-16(20-15)19-14-9-5-2-6-10-14/h1-12H. The quantitative estimate of drug-likeness (QED) is 0.643. The topological polar surface area (TPSA) is 26.3 Å². The average Bonchev–Trinajstić information content (AvgIpc) is 2.97. The third kappa shape index (κ3) is 2.78. The second-order valence-corrected chi connectivity index (χ2v) is 5.28. The van der Waals surface area contributed by atoms with Crippen molar-refractivity contribution in [2.45, 2.75) is 0 Å². The number of rotatable bonds is 4. The zero-order chi connectivity index (χ0) is 13.8. The van der Waals surface area contributed by atoms with Crippen LogP contribution in [0.5, 0.6) is 10.8 Å². The average molecular weight is 280 g/mol. The maximum absolute atomic E-state index is 12.3. The summed E-state index contributed by atoms with van der Waals surface area (Å²) in [5.41, 5.74) is 0.695. The molecule has 0 amide bonds. The number of ether oxygens (including phenoxy) is 1. The molecule has 0 saturated heterocycles. The van der Waals surface area contributed by atoms with E-state index in [4.69, 9.17) is 4.74 Å². The fourth-order valence-electron chi connectivity index (χ4n) is 1.83. The number of carbonyl (C=O) groups is 1. The van der Waals surface area contributed by atoms with Crippen LogP contribution in [0.4, 0.5) is 0 Å². The predicted octanol–water partition coefficient (Wildman–Crippen LogP) is 4.77. The summed E-state index contributed by atoms with van der Waals surface area (Å²) in [5, 5.41) is 0.718. The minimum absolute atomic E-state index is 0.0264. The van der Waals surface area contributed by atoms with Crippen LogP contribution in [0.15, 0.2) is 72.8 Å². The molecule has 0 saturated carbocycles. The van der Waals surface area contributed by atoms with Gasteiger partial charge in [0.05, 0.1) is 4.88 Å². The highest BCUT2D eigenvalue weighted by molar-refractivity contribution is 7.16. The number of ketones is 1. The number of carbonyl (C=O) groups excluding carboxylic acids is 1. The van der Waals surface area contributed by atoms with E-state index in [0.29, 0.717) is 10.4 Å². The van der Waals surface area contributed by atoms with Crippen molar-refractivity contribution in [3.8, 4) is 10.8 Å². The minimum atomic E-state index is 0.0264. The molecule has 0 atom stereocenters. The van der Waals surface area contributed by atoms with E-state index >= 15 is 0 Å². The first kappa shape index (κ1) is 12.6. The van der Waals surface area contributed by atoms with Crippen molar-refractivity contribution in [2.75, 3.05) is 0 Å². The lowest BCUT2D eigenvalue weighted by Gasteiger charge is -2.01. The Hall–Kier alpha value is -2.39. The first-order valence-electron chi connectivity index (χ1n) is 6.25. The van der Waals surface area contributed by atoms with Gasteiger partial charge in [-0.25, -0.2) is 0 Å². The van der Waals surface area contributed by atoms with Crippen LogP contribution >= 0.6 is 11.3 Å². The molecule has 0 aliphatic heterocycles. The molecule has 98 valence electrons. The van der Waals surface area contributed by atoms with Crippen molar-refractivity contribution >= 4 is 17.1 Å². The van der Waals surface area contributed by atoms with Crippen LogP contribution in [-0.2, 0) is 0 Å². The molecule has 2 aromatic carbocycles. The lowest BCUT2D eigenvalue weighted by atomic mass is 10.1. The fraction of sp³-hybridized carbons (Fsp3) is 0. The van der Waals surface area contributed by atoms with Gasteiger partial charge in [0.25, 0.3) is 0 Å². The third-order valence-electron chi connectivity index (χ3n) is 2.80. The Bertz CT molecular complexity index is 702. The Labute approximate surface area is 121 Å². The second kappa shape index (κ2) is 5.72. The fourth-order valence-corrected chi connectivity index (χ4v) is 2.67. The first-order chi connectivity index (χ1) is 9.83. The molecule has 0 bridgehead atoms. The Kier molecular flexibility index (Phi) is 3.61. The van der Waals surface area contributed by atoms with Gasteiger partial charge in [0.1, 0.15) is 5.75 Å². The number of benzene rings is 2. The summed E-state index contributed by atoms with van der Waals surface area (Å²) >= 11 is 1.36. The van der Waals surface area contributed by atoms with E-state index in [1.807, 2.05) is 66.7 Å². The Balaban J connectivity index is 1.79. The van der Waals surface area contributed by atoms with E-state index in [9.17, 15) is 4.79 Å². The summed E-state index contributed by atoms with van der Waals surface area (Å²) in [6.07, 6.45) is 0. The predicted molar refractivity (Wildman–Crippen MR) is 80.7 cm³/mol. The molecule has 0 radical (unpaired) electrons. The van der Waals surface area contributed by atoms with Crippen molar-refractivity contribution in [3.63, 3.8) is 0 Å². The molecule has 2 nitrogen and oxygen atoms in total. The molecule has 3 heteroatoms.